The van der Waals surface area contributed by atoms with Crippen LogP contribution in [0.1, 0.15) is 20.8 Å². The lowest BCUT2D eigenvalue weighted by Crippen LogP contribution is -2.41. The third-order valence-electron chi connectivity index (χ3n) is 1.66. The predicted octanol–water partition coefficient (Wildman–Crippen LogP) is -0.0175. The largest absolute Gasteiger partial charge is 0.387 e. The summed E-state index contributed by atoms with van der Waals surface area (Å²) in [6.45, 7) is 5.27. The second-order valence-electron chi connectivity index (χ2n) is 3.05. The van der Waals surface area contributed by atoms with Crippen molar-refractivity contribution in [3.63, 3.8) is 0 Å². The lowest BCUT2D eigenvalue weighted by molar-refractivity contribution is 0.459. The normalized spacial score (nSPS) is 12.4. The first-order chi connectivity index (χ1) is 5.82. The van der Waals surface area contributed by atoms with Crippen molar-refractivity contribution >= 4 is 15.9 Å². The Hall–Kier alpha value is -0.620. The molecule has 78 valence electrons. The number of sulfonamides is 1. The van der Waals surface area contributed by atoms with Crippen molar-refractivity contribution in [3.8, 4) is 0 Å². The van der Waals surface area contributed by atoms with Gasteiger partial charge in [0.25, 0.3) is 0 Å². The first kappa shape index (κ1) is 12.4. The molecule has 5 nitrogen and oxygen atoms in total. The topological polar surface area (TPSA) is 87.2 Å². The smallest absolute Gasteiger partial charge is 0.216 e. The van der Waals surface area contributed by atoms with Crippen molar-refractivity contribution in [2.75, 3.05) is 13.1 Å². The summed E-state index contributed by atoms with van der Waals surface area (Å²) in [4.78, 5) is 0. The molecule has 0 aliphatic rings. The van der Waals surface area contributed by atoms with Gasteiger partial charge in [-0.05, 0) is 13.8 Å². The first-order valence-corrected chi connectivity index (χ1v) is 5.64. The summed E-state index contributed by atoms with van der Waals surface area (Å²) in [5.41, 5.74) is 5.14. The van der Waals surface area contributed by atoms with Gasteiger partial charge in [0.05, 0.1) is 11.8 Å². The van der Waals surface area contributed by atoms with Crippen molar-refractivity contribution in [3.05, 3.63) is 0 Å². The molecule has 0 unspecified atom stereocenters. The van der Waals surface area contributed by atoms with Gasteiger partial charge in [0.2, 0.25) is 10.0 Å². The van der Waals surface area contributed by atoms with Gasteiger partial charge >= 0.3 is 0 Å². The molecule has 0 atom stereocenters. The molecule has 0 aromatic rings. The van der Waals surface area contributed by atoms with E-state index in [2.05, 4.69) is 0 Å². The van der Waals surface area contributed by atoms with Gasteiger partial charge in [-0.25, -0.2) is 8.42 Å². The van der Waals surface area contributed by atoms with Crippen LogP contribution in [0.3, 0.4) is 0 Å². The summed E-state index contributed by atoms with van der Waals surface area (Å²) in [5.74, 6) is -0.133. The molecule has 0 radical (unpaired) electrons. The fourth-order valence-electron chi connectivity index (χ4n) is 0.870. The van der Waals surface area contributed by atoms with Crippen LogP contribution >= 0.6 is 0 Å². The van der Waals surface area contributed by atoms with Crippen LogP contribution in [0.25, 0.3) is 0 Å². The number of rotatable bonds is 5. The number of nitrogens with zero attached hydrogens (tertiary/aromatic N) is 1. The molecule has 3 N–H and O–H groups in total. The zero-order chi connectivity index (χ0) is 10.6. The van der Waals surface area contributed by atoms with Gasteiger partial charge < -0.3 is 5.73 Å². The lowest BCUT2D eigenvalue weighted by atomic mass is 10.6. The average molecular weight is 207 g/mol. The molecule has 0 rings (SSSR count). The van der Waals surface area contributed by atoms with Gasteiger partial charge in [-0.1, -0.05) is 6.92 Å². The molecular weight excluding hydrogens is 190 g/mol. The van der Waals surface area contributed by atoms with Crippen molar-refractivity contribution in [1.29, 1.82) is 5.41 Å². The number of likely N-dealkylation sites (N-methyl/N-ethyl adjacent to an activating group) is 1. The summed E-state index contributed by atoms with van der Waals surface area (Å²) in [7, 11) is -3.27. The molecular formula is C7H17N3O2S. The molecule has 0 bridgehead atoms. The standard InChI is InChI=1S/C7H17N3O2S/c1-4-10(5-7(8)9)13(11,12)6(2)3/h6H,4-5H2,1-3H3,(H3,8,9). The van der Waals surface area contributed by atoms with E-state index in [1.54, 1.807) is 20.8 Å². The Bertz CT molecular complexity index is 271. The minimum atomic E-state index is -3.27. The van der Waals surface area contributed by atoms with Crippen LogP contribution < -0.4 is 5.73 Å². The van der Waals surface area contributed by atoms with E-state index in [4.69, 9.17) is 11.1 Å². The molecule has 0 aliphatic heterocycles. The predicted molar refractivity (Wildman–Crippen MR) is 53.2 cm³/mol. The Morgan fingerprint density at radius 3 is 2.23 bits per heavy atom. The molecule has 0 aromatic carbocycles. The number of nitrogens with one attached hydrogen (secondary N) is 1. The Morgan fingerprint density at radius 1 is 1.54 bits per heavy atom. The van der Waals surface area contributed by atoms with Crippen molar-refractivity contribution in [1.82, 2.24) is 4.31 Å². The highest BCUT2D eigenvalue weighted by molar-refractivity contribution is 7.89. The minimum absolute atomic E-state index is 0.0169. The third kappa shape index (κ3) is 3.31. The number of amidine groups is 1. The molecule has 0 amide bonds. The summed E-state index contributed by atoms with van der Waals surface area (Å²) >= 11 is 0. The van der Waals surface area contributed by atoms with Crippen LogP contribution in [0, 0.1) is 5.41 Å². The summed E-state index contributed by atoms with van der Waals surface area (Å²) in [6, 6.07) is 0. The van der Waals surface area contributed by atoms with E-state index in [0.717, 1.165) is 0 Å². The van der Waals surface area contributed by atoms with E-state index in [-0.39, 0.29) is 12.4 Å². The van der Waals surface area contributed by atoms with Gasteiger partial charge in [0.1, 0.15) is 5.84 Å². The summed E-state index contributed by atoms with van der Waals surface area (Å²) in [5, 5.41) is 6.55. The van der Waals surface area contributed by atoms with E-state index in [1.165, 1.54) is 4.31 Å². The quantitative estimate of drug-likeness (QED) is 0.490. The highest BCUT2D eigenvalue weighted by atomic mass is 32.2. The van der Waals surface area contributed by atoms with E-state index in [1.807, 2.05) is 0 Å². The van der Waals surface area contributed by atoms with Gasteiger partial charge in [-0.2, -0.15) is 4.31 Å². The zero-order valence-corrected chi connectivity index (χ0v) is 9.06. The zero-order valence-electron chi connectivity index (χ0n) is 8.24. The molecule has 0 saturated carbocycles. The lowest BCUT2D eigenvalue weighted by Gasteiger charge is -2.21. The Kier molecular flexibility index (Phi) is 4.35. The molecule has 0 aliphatic carbocycles. The molecule has 0 spiro atoms. The van der Waals surface area contributed by atoms with Crippen LogP contribution in [-0.4, -0.2) is 36.9 Å². The Balaban J connectivity index is 4.68. The van der Waals surface area contributed by atoms with Crippen molar-refractivity contribution in [2.45, 2.75) is 26.0 Å². The minimum Gasteiger partial charge on any atom is -0.387 e. The second kappa shape index (κ2) is 4.57. The number of hydrogen-bond acceptors (Lipinski definition) is 3. The highest BCUT2D eigenvalue weighted by Gasteiger charge is 2.24. The van der Waals surface area contributed by atoms with Gasteiger partial charge in [0, 0.05) is 6.54 Å². The molecule has 0 aromatic heterocycles. The van der Waals surface area contributed by atoms with Crippen LogP contribution in [0.2, 0.25) is 0 Å². The van der Waals surface area contributed by atoms with E-state index < -0.39 is 15.3 Å². The number of hydrogen-bond donors (Lipinski definition) is 2. The average Bonchev–Trinajstić information content (AvgIpc) is 1.99. The molecule has 0 heterocycles. The number of nitrogens with two attached hydrogens (primary N) is 1. The molecule has 6 heteroatoms. The fraction of sp³-hybridized carbons (Fsp3) is 0.857. The maximum absolute atomic E-state index is 11.6. The molecule has 0 fully saturated rings. The maximum Gasteiger partial charge on any atom is 0.216 e. The van der Waals surface area contributed by atoms with Crippen LogP contribution in [0.15, 0.2) is 0 Å². The van der Waals surface area contributed by atoms with Gasteiger partial charge in [-0.3, -0.25) is 5.41 Å². The first-order valence-electron chi connectivity index (χ1n) is 4.14. The molecule has 0 saturated heterocycles. The SMILES string of the molecule is CCN(CC(=N)N)S(=O)(=O)C(C)C. The Morgan fingerprint density at radius 2 is 2.00 bits per heavy atom. The van der Waals surface area contributed by atoms with E-state index in [0.29, 0.717) is 6.54 Å². The highest BCUT2D eigenvalue weighted by Crippen LogP contribution is 2.07. The Labute approximate surface area is 79.5 Å². The van der Waals surface area contributed by atoms with Crippen LogP contribution in [0.5, 0.6) is 0 Å². The summed E-state index contributed by atoms with van der Waals surface area (Å²) < 4.78 is 24.3. The van der Waals surface area contributed by atoms with E-state index in [9.17, 15) is 8.42 Å². The van der Waals surface area contributed by atoms with Gasteiger partial charge in [-0.15, -0.1) is 0 Å². The van der Waals surface area contributed by atoms with Crippen LogP contribution in [-0.2, 0) is 10.0 Å². The van der Waals surface area contributed by atoms with E-state index >= 15 is 0 Å². The van der Waals surface area contributed by atoms with Crippen molar-refractivity contribution in [2.24, 2.45) is 5.73 Å². The van der Waals surface area contributed by atoms with Gasteiger partial charge in [0.15, 0.2) is 0 Å². The van der Waals surface area contributed by atoms with Crippen LogP contribution in [0.4, 0.5) is 0 Å². The second-order valence-corrected chi connectivity index (χ2v) is 5.53. The fourth-order valence-corrected chi connectivity index (χ4v) is 2.15. The molecule has 13 heavy (non-hydrogen) atoms. The third-order valence-corrected chi connectivity index (χ3v) is 3.95. The maximum atomic E-state index is 11.6. The monoisotopic (exact) mass is 207 g/mol. The summed E-state index contributed by atoms with van der Waals surface area (Å²) in [6.07, 6.45) is 0. The van der Waals surface area contributed by atoms with Crippen molar-refractivity contribution < 1.29 is 8.42 Å².